The molecule has 34 heavy (non-hydrogen) atoms. The van der Waals surface area contributed by atoms with E-state index < -0.39 is 22.1 Å². The van der Waals surface area contributed by atoms with Crippen LogP contribution in [-0.2, 0) is 24.3 Å². The lowest BCUT2D eigenvalue weighted by Gasteiger charge is -2.35. The molecule has 0 aliphatic carbocycles. The molecule has 1 aliphatic rings. The van der Waals surface area contributed by atoms with E-state index in [0.29, 0.717) is 5.75 Å². The summed E-state index contributed by atoms with van der Waals surface area (Å²) in [6.45, 7) is 1.98. The Balaban J connectivity index is 1.26. The molecule has 4 rings (SSSR count). The molecule has 0 N–H and O–H groups in total. The van der Waals surface area contributed by atoms with E-state index >= 15 is 0 Å². The Labute approximate surface area is 198 Å². The highest BCUT2D eigenvalue weighted by Gasteiger charge is 2.32. The SMILES string of the molecule is CC(OC(=O)COc1ccc2ccccc2c1)C(=O)N1CCN(S(=O)(=O)c2ccccc2)CC1. The molecule has 178 valence electrons. The smallest absolute Gasteiger partial charge is 0.344 e. The normalized spacial score (nSPS) is 15.6. The second kappa shape index (κ2) is 10.2. The summed E-state index contributed by atoms with van der Waals surface area (Å²) in [5.74, 6) is -0.486. The topological polar surface area (TPSA) is 93.2 Å². The van der Waals surface area contributed by atoms with Crippen molar-refractivity contribution in [2.75, 3.05) is 32.8 Å². The van der Waals surface area contributed by atoms with Crippen LogP contribution in [-0.4, -0.2) is 68.4 Å². The number of benzene rings is 3. The molecule has 3 aromatic rings. The third kappa shape index (κ3) is 5.37. The molecule has 9 heteroatoms. The van der Waals surface area contributed by atoms with Gasteiger partial charge in [-0.1, -0.05) is 48.5 Å². The first-order chi connectivity index (χ1) is 16.3. The zero-order valence-corrected chi connectivity index (χ0v) is 19.6. The highest BCUT2D eigenvalue weighted by molar-refractivity contribution is 7.89. The molecule has 1 fully saturated rings. The molecule has 0 spiro atoms. The average molecular weight is 483 g/mol. The number of sulfonamides is 1. The lowest BCUT2D eigenvalue weighted by atomic mass is 10.1. The van der Waals surface area contributed by atoms with E-state index in [4.69, 9.17) is 9.47 Å². The Morgan fingerprint density at radius 3 is 2.24 bits per heavy atom. The van der Waals surface area contributed by atoms with E-state index in [1.165, 1.54) is 16.1 Å². The maximum atomic E-state index is 12.7. The standard InChI is InChI=1S/C25H26N2O6S/c1-19(33-24(28)18-32-22-12-11-20-7-5-6-8-21(20)17-22)25(29)26-13-15-27(16-14-26)34(30,31)23-9-3-2-4-10-23/h2-12,17,19H,13-16,18H2,1H3. The van der Waals surface area contributed by atoms with Crippen molar-refractivity contribution in [3.8, 4) is 5.75 Å². The molecule has 0 saturated carbocycles. The highest BCUT2D eigenvalue weighted by atomic mass is 32.2. The Bertz CT molecular complexity index is 1270. The number of ether oxygens (including phenoxy) is 2. The van der Waals surface area contributed by atoms with E-state index in [-0.39, 0.29) is 43.6 Å². The van der Waals surface area contributed by atoms with Gasteiger partial charge in [0.25, 0.3) is 5.91 Å². The zero-order valence-electron chi connectivity index (χ0n) is 18.8. The van der Waals surface area contributed by atoms with Gasteiger partial charge >= 0.3 is 5.97 Å². The number of amides is 1. The number of hydrogen-bond donors (Lipinski definition) is 0. The largest absolute Gasteiger partial charge is 0.482 e. The molecule has 1 saturated heterocycles. The van der Waals surface area contributed by atoms with Gasteiger partial charge in [0.1, 0.15) is 5.75 Å². The van der Waals surface area contributed by atoms with Gasteiger partial charge in [0.15, 0.2) is 12.7 Å². The van der Waals surface area contributed by atoms with Crippen molar-refractivity contribution in [2.45, 2.75) is 17.9 Å². The number of carbonyl (C=O) groups is 2. The van der Waals surface area contributed by atoms with Crippen LogP contribution < -0.4 is 4.74 Å². The fraction of sp³-hybridized carbons (Fsp3) is 0.280. The number of rotatable bonds is 7. The number of hydrogen-bond acceptors (Lipinski definition) is 6. The highest BCUT2D eigenvalue weighted by Crippen LogP contribution is 2.21. The average Bonchev–Trinajstić information content (AvgIpc) is 2.87. The summed E-state index contributed by atoms with van der Waals surface area (Å²) in [4.78, 5) is 26.7. The second-order valence-corrected chi connectivity index (χ2v) is 9.91. The van der Waals surface area contributed by atoms with Gasteiger partial charge in [-0.05, 0) is 42.0 Å². The number of nitrogens with zero attached hydrogens (tertiary/aromatic N) is 2. The summed E-state index contributed by atoms with van der Waals surface area (Å²) in [7, 11) is -3.60. The molecule has 1 unspecified atom stereocenters. The van der Waals surface area contributed by atoms with E-state index in [0.717, 1.165) is 10.8 Å². The number of fused-ring (bicyclic) bond motifs is 1. The van der Waals surface area contributed by atoms with Gasteiger partial charge in [0.2, 0.25) is 10.0 Å². The van der Waals surface area contributed by atoms with Gasteiger partial charge in [-0.15, -0.1) is 0 Å². The van der Waals surface area contributed by atoms with Crippen LogP contribution in [0, 0.1) is 0 Å². The van der Waals surface area contributed by atoms with Crippen LogP contribution in [0.5, 0.6) is 5.75 Å². The summed E-state index contributed by atoms with van der Waals surface area (Å²) >= 11 is 0. The maximum absolute atomic E-state index is 12.7. The summed E-state index contributed by atoms with van der Waals surface area (Å²) in [6, 6.07) is 21.5. The molecule has 0 aromatic heterocycles. The predicted octanol–water partition coefficient (Wildman–Crippen LogP) is 2.68. The Morgan fingerprint density at radius 2 is 1.53 bits per heavy atom. The number of esters is 1. The van der Waals surface area contributed by atoms with Gasteiger partial charge in [-0.2, -0.15) is 4.31 Å². The van der Waals surface area contributed by atoms with Crippen LogP contribution in [0.15, 0.2) is 77.7 Å². The van der Waals surface area contributed by atoms with Gasteiger partial charge in [-0.25, -0.2) is 13.2 Å². The van der Waals surface area contributed by atoms with Crippen LogP contribution in [0.4, 0.5) is 0 Å². The molecule has 1 aliphatic heterocycles. The summed E-state index contributed by atoms with van der Waals surface area (Å²) in [5, 5.41) is 2.05. The first kappa shape index (κ1) is 23.7. The summed E-state index contributed by atoms with van der Waals surface area (Å²) in [6.07, 6.45) is -0.995. The quantitative estimate of drug-likeness (QED) is 0.481. The summed E-state index contributed by atoms with van der Waals surface area (Å²) in [5.41, 5.74) is 0. The van der Waals surface area contributed by atoms with E-state index in [1.807, 2.05) is 36.4 Å². The fourth-order valence-electron chi connectivity index (χ4n) is 3.83. The molecular formula is C25H26N2O6S. The maximum Gasteiger partial charge on any atom is 0.344 e. The molecule has 3 aromatic carbocycles. The fourth-order valence-corrected chi connectivity index (χ4v) is 5.27. The van der Waals surface area contributed by atoms with Crippen molar-refractivity contribution in [1.29, 1.82) is 0 Å². The molecule has 0 bridgehead atoms. The van der Waals surface area contributed by atoms with Gasteiger partial charge in [0.05, 0.1) is 4.90 Å². The lowest BCUT2D eigenvalue weighted by Crippen LogP contribution is -2.53. The van der Waals surface area contributed by atoms with Crippen LogP contribution in [0.3, 0.4) is 0 Å². The van der Waals surface area contributed by atoms with Gasteiger partial charge < -0.3 is 14.4 Å². The minimum atomic E-state index is -3.60. The van der Waals surface area contributed by atoms with Crippen molar-refractivity contribution >= 4 is 32.7 Å². The van der Waals surface area contributed by atoms with Crippen LogP contribution >= 0.6 is 0 Å². The predicted molar refractivity (Wildman–Crippen MR) is 127 cm³/mol. The van der Waals surface area contributed by atoms with Crippen molar-refractivity contribution in [2.24, 2.45) is 0 Å². The van der Waals surface area contributed by atoms with Crippen LogP contribution in [0.2, 0.25) is 0 Å². The van der Waals surface area contributed by atoms with Crippen molar-refractivity contribution in [3.63, 3.8) is 0 Å². The molecule has 1 atom stereocenters. The molecule has 0 radical (unpaired) electrons. The second-order valence-electron chi connectivity index (χ2n) is 7.97. The first-order valence-corrected chi connectivity index (χ1v) is 12.4. The van der Waals surface area contributed by atoms with Crippen molar-refractivity contribution < 1.29 is 27.5 Å². The molecule has 8 nitrogen and oxygen atoms in total. The van der Waals surface area contributed by atoms with Crippen molar-refractivity contribution in [3.05, 3.63) is 72.8 Å². The number of piperazine rings is 1. The molecule has 1 heterocycles. The molecular weight excluding hydrogens is 456 g/mol. The van der Waals surface area contributed by atoms with Gasteiger partial charge in [0, 0.05) is 26.2 Å². The number of carbonyl (C=O) groups excluding carboxylic acids is 2. The van der Waals surface area contributed by atoms with Crippen LogP contribution in [0.25, 0.3) is 10.8 Å². The van der Waals surface area contributed by atoms with Crippen LogP contribution in [0.1, 0.15) is 6.92 Å². The van der Waals surface area contributed by atoms with E-state index in [9.17, 15) is 18.0 Å². The Kier molecular flexibility index (Phi) is 7.14. The van der Waals surface area contributed by atoms with E-state index in [2.05, 4.69) is 0 Å². The van der Waals surface area contributed by atoms with E-state index in [1.54, 1.807) is 36.4 Å². The van der Waals surface area contributed by atoms with Crippen molar-refractivity contribution in [1.82, 2.24) is 9.21 Å². The minimum absolute atomic E-state index is 0.175. The summed E-state index contributed by atoms with van der Waals surface area (Å²) < 4.78 is 37.6. The minimum Gasteiger partial charge on any atom is -0.482 e. The molecule has 1 amide bonds. The zero-order chi connectivity index (χ0) is 24.1. The Hall–Kier alpha value is -3.43. The Morgan fingerprint density at radius 1 is 0.882 bits per heavy atom. The lowest BCUT2D eigenvalue weighted by molar-refractivity contribution is -0.161. The third-order valence-electron chi connectivity index (χ3n) is 5.66. The first-order valence-electron chi connectivity index (χ1n) is 11.0. The monoisotopic (exact) mass is 482 g/mol. The third-order valence-corrected chi connectivity index (χ3v) is 7.58. The van der Waals surface area contributed by atoms with Gasteiger partial charge in [-0.3, -0.25) is 4.79 Å².